The highest BCUT2D eigenvalue weighted by Gasteiger charge is 2.22. The summed E-state index contributed by atoms with van der Waals surface area (Å²) in [5.74, 6) is 0.0654. The van der Waals surface area contributed by atoms with E-state index in [1.54, 1.807) is 6.33 Å². The Bertz CT molecular complexity index is 959. The normalized spacial score (nSPS) is 14.9. The van der Waals surface area contributed by atoms with Gasteiger partial charge in [0, 0.05) is 38.3 Å². The minimum Gasteiger partial charge on any atom is -0.463 e. The Balaban J connectivity index is 1.31. The summed E-state index contributed by atoms with van der Waals surface area (Å²) in [6.45, 7) is 4.71. The zero-order chi connectivity index (χ0) is 19.3. The first-order chi connectivity index (χ1) is 13.7. The molecule has 3 aromatic rings. The molecule has 144 valence electrons. The Morgan fingerprint density at radius 3 is 2.57 bits per heavy atom. The van der Waals surface area contributed by atoms with E-state index in [4.69, 9.17) is 4.74 Å². The average molecular weight is 378 g/mol. The molecule has 1 saturated heterocycles. The highest BCUT2D eigenvalue weighted by Crippen LogP contribution is 2.16. The number of amides is 1. The summed E-state index contributed by atoms with van der Waals surface area (Å²) in [6.07, 6.45) is 1.64. The van der Waals surface area contributed by atoms with Gasteiger partial charge < -0.3 is 14.6 Å². The number of aromatic nitrogens is 2. The molecule has 28 heavy (non-hydrogen) atoms. The predicted octanol–water partition coefficient (Wildman–Crippen LogP) is 2.19. The zero-order valence-electron chi connectivity index (χ0n) is 15.5. The number of hydrogen-bond donors (Lipinski definition) is 1. The Hall–Kier alpha value is -3.19. The number of piperazine rings is 1. The molecule has 1 aliphatic heterocycles. The number of imidazole rings is 1. The smallest absolute Gasteiger partial charge is 0.293 e. The van der Waals surface area contributed by atoms with E-state index in [-0.39, 0.29) is 5.91 Å². The predicted molar refractivity (Wildman–Crippen MR) is 105 cm³/mol. The van der Waals surface area contributed by atoms with Crippen molar-refractivity contribution in [1.82, 2.24) is 19.8 Å². The highest BCUT2D eigenvalue weighted by molar-refractivity contribution is 5.97. The van der Waals surface area contributed by atoms with Crippen LogP contribution in [0.4, 0.5) is 0 Å². The van der Waals surface area contributed by atoms with Crippen LogP contribution in [-0.4, -0.2) is 58.3 Å². The number of hydrogen-bond acceptors (Lipinski definition) is 5. The molecule has 1 aliphatic rings. The van der Waals surface area contributed by atoms with E-state index in [0.29, 0.717) is 31.7 Å². The maximum atomic E-state index is 12.8. The number of aromatic amines is 1. The molecule has 4 rings (SSSR count). The van der Waals surface area contributed by atoms with E-state index >= 15 is 0 Å². The summed E-state index contributed by atoms with van der Waals surface area (Å²) < 4.78 is 4.77. The fourth-order valence-corrected chi connectivity index (χ4v) is 3.49. The summed E-state index contributed by atoms with van der Waals surface area (Å²) in [4.78, 5) is 34.5. The van der Waals surface area contributed by atoms with Crippen LogP contribution in [0, 0.1) is 0 Å². The monoisotopic (exact) mass is 378 g/mol. The van der Waals surface area contributed by atoms with Crippen LogP contribution in [0.5, 0.6) is 0 Å². The van der Waals surface area contributed by atoms with Gasteiger partial charge in [-0.2, -0.15) is 0 Å². The number of carbonyl (C=O) groups excluding carboxylic acids is 2. The SMILES string of the molecule is O=COCc1ccc(CN2CCN(C(=O)c3ccc4nc[nH]c4c3)CC2)cc1. The van der Waals surface area contributed by atoms with Gasteiger partial charge in [-0.1, -0.05) is 24.3 Å². The number of fused-ring (bicyclic) bond motifs is 1. The van der Waals surface area contributed by atoms with E-state index in [0.717, 1.165) is 36.2 Å². The van der Waals surface area contributed by atoms with Gasteiger partial charge in [0.1, 0.15) is 6.61 Å². The van der Waals surface area contributed by atoms with Gasteiger partial charge >= 0.3 is 0 Å². The van der Waals surface area contributed by atoms with Gasteiger partial charge in [0.25, 0.3) is 12.4 Å². The number of carbonyl (C=O) groups is 2. The largest absolute Gasteiger partial charge is 0.463 e. The third kappa shape index (κ3) is 4.04. The molecular weight excluding hydrogens is 356 g/mol. The van der Waals surface area contributed by atoms with Crippen molar-refractivity contribution in [3.05, 3.63) is 65.5 Å². The number of H-pyrrole nitrogens is 1. The lowest BCUT2D eigenvalue weighted by atomic mass is 10.1. The van der Waals surface area contributed by atoms with Crippen molar-refractivity contribution in [2.45, 2.75) is 13.2 Å². The first-order valence-corrected chi connectivity index (χ1v) is 9.31. The summed E-state index contributed by atoms with van der Waals surface area (Å²) in [7, 11) is 0. The third-order valence-corrected chi connectivity index (χ3v) is 5.07. The fourth-order valence-electron chi connectivity index (χ4n) is 3.49. The van der Waals surface area contributed by atoms with Gasteiger partial charge in [-0.15, -0.1) is 0 Å². The third-order valence-electron chi connectivity index (χ3n) is 5.07. The summed E-state index contributed by atoms with van der Waals surface area (Å²) >= 11 is 0. The molecule has 0 spiro atoms. The van der Waals surface area contributed by atoms with Crippen LogP contribution < -0.4 is 0 Å². The summed E-state index contributed by atoms with van der Waals surface area (Å²) in [5.41, 5.74) is 4.62. The zero-order valence-corrected chi connectivity index (χ0v) is 15.5. The van der Waals surface area contributed by atoms with Gasteiger partial charge in [0.15, 0.2) is 0 Å². The number of benzene rings is 2. The summed E-state index contributed by atoms with van der Waals surface area (Å²) in [6, 6.07) is 13.6. The molecular formula is C21H22N4O3. The van der Waals surface area contributed by atoms with Crippen molar-refractivity contribution in [1.29, 1.82) is 0 Å². The summed E-state index contributed by atoms with van der Waals surface area (Å²) in [5, 5.41) is 0. The highest BCUT2D eigenvalue weighted by atomic mass is 16.5. The second kappa shape index (κ2) is 8.22. The maximum absolute atomic E-state index is 12.8. The van der Waals surface area contributed by atoms with Gasteiger partial charge in [-0.05, 0) is 29.3 Å². The molecule has 7 heteroatoms. The molecule has 0 unspecified atom stereocenters. The van der Waals surface area contributed by atoms with Crippen LogP contribution in [0.3, 0.4) is 0 Å². The lowest BCUT2D eigenvalue weighted by Gasteiger charge is -2.34. The van der Waals surface area contributed by atoms with E-state index in [9.17, 15) is 9.59 Å². The van der Waals surface area contributed by atoms with Crippen LogP contribution >= 0.6 is 0 Å². The van der Waals surface area contributed by atoms with E-state index in [1.165, 1.54) is 5.56 Å². The van der Waals surface area contributed by atoms with E-state index < -0.39 is 0 Å². The lowest BCUT2D eigenvalue weighted by Crippen LogP contribution is -2.48. The van der Waals surface area contributed by atoms with Gasteiger partial charge in [-0.3, -0.25) is 14.5 Å². The standard InChI is InChI=1S/C21H22N4O3/c26-15-28-13-17-3-1-16(2-4-17)12-24-7-9-25(10-8-24)21(27)18-5-6-19-20(11-18)23-14-22-19/h1-6,11,14-15H,7-10,12-13H2,(H,22,23). The Labute approximate surface area is 162 Å². The minimum absolute atomic E-state index is 0.0654. The molecule has 2 heterocycles. The number of nitrogens with one attached hydrogen (secondary N) is 1. The van der Waals surface area contributed by atoms with Crippen molar-refractivity contribution in [3.8, 4) is 0 Å². The van der Waals surface area contributed by atoms with Crippen molar-refractivity contribution in [2.24, 2.45) is 0 Å². The van der Waals surface area contributed by atoms with Crippen LogP contribution in [0.2, 0.25) is 0 Å². The number of nitrogens with zero attached hydrogens (tertiary/aromatic N) is 3. The Morgan fingerprint density at radius 2 is 1.82 bits per heavy atom. The molecule has 1 aromatic heterocycles. The molecule has 1 N–H and O–H groups in total. The molecule has 1 fully saturated rings. The van der Waals surface area contributed by atoms with Crippen molar-refractivity contribution < 1.29 is 14.3 Å². The molecule has 2 aromatic carbocycles. The first-order valence-electron chi connectivity index (χ1n) is 9.31. The Kier molecular flexibility index (Phi) is 5.34. The molecule has 0 aliphatic carbocycles. The second-order valence-electron chi connectivity index (χ2n) is 6.93. The quantitative estimate of drug-likeness (QED) is 0.666. The van der Waals surface area contributed by atoms with Crippen LogP contribution in [0.1, 0.15) is 21.5 Å². The minimum atomic E-state index is 0.0654. The maximum Gasteiger partial charge on any atom is 0.293 e. The molecule has 0 saturated carbocycles. The Morgan fingerprint density at radius 1 is 1.07 bits per heavy atom. The van der Waals surface area contributed by atoms with Crippen LogP contribution in [-0.2, 0) is 22.7 Å². The first kappa shape index (κ1) is 18.2. The van der Waals surface area contributed by atoms with Crippen LogP contribution in [0.25, 0.3) is 11.0 Å². The van der Waals surface area contributed by atoms with Gasteiger partial charge in [0.2, 0.25) is 0 Å². The number of rotatable bonds is 6. The van der Waals surface area contributed by atoms with Crippen molar-refractivity contribution >= 4 is 23.4 Å². The topological polar surface area (TPSA) is 78.5 Å². The molecule has 0 bridgehead atoms. The van der Waals surface area contributed by atoms with Gasteiger partial charge in [-0.25, -0.2) is 4.98 Å². The van der Waals surface area contributed by atoms with Crippen molar-refractivity contribution in [3.63, 3.8) is 0 Å². The molecule has 0 atom stereocenters. The van der Waals surface area contributed by atoms with Crippen molar-refractivity contribution in [2.75, 3.05) is 26.2 Å². The second-order valence-corrected chi connectivity index (χ2v) is 6.93. The molecule has 1 amide bonds. The lowest BCUT2D eigenvalue weighted by molar-refractivity contribution is -0.129. The molecule has 0 radical (unpaired) electrons. The number of ether oxygens (including phenoxy) is 1. The van der Waals surface area contributed by atoms with Gasteiger partial charge in [0.05, 0.1) is 17.4 Å². The fraction of sp³-hybridized carbons (Fsp3) is 0.286. The van der Waals surface area contributed by atoms with E-state index in [2.05, 4.69) is 27.0 Å². The van der Waals surface area contributed by atoms with Crippen LogP contribution in [0.15, 0.2) is 48.8 Å². The average Bonchev–Trinajstić information content (AvgIpc) is 3.21. The van der Waals surface area contributed by atoms with E-state index in [1.807, 2.05) is 35.2 Å². The molecule has 7 nitrogen and oxygen atoms in total.